The molecule has 3 nitrogen and oxygen atoms in total. The number of rotatable bonds is 2. The molecular formula is C9H10N2O. The minimum atomic E-state index is 0.732. The van der Waals surface area contributed by atoms with Gasteiger partial charge in [0, 0.05) is 12.4 Å². The van der Waals surface area contributed by atoms with E-state index in [0.717, 1.165) is 31.0 Å². The third-order valence-corrected chi connectivity index (χ3v) is 1.73. The summed E-state index contributed by atoms with van der Waals surface area (Å²) in [5.74, 6) is 0.836. The quantitative estimate of drug-likeness (QED) is 0.651. The summed E-state index contributed by atoms with van der Waals surface area (Å²) >= 11 is 0. The summed E-state index contributed by atoms with van der Waals surface area (Å²) in [6.45, 7) is 1.53. The monoisotopic (exact) mass is 162 g/mol. The molecule has 0 amide bonds. The molecule has 1 aliphatic rings. The standard InChI is InChI=1S/C9H10N2O/c1-2-8(7-10-3-1)6-9-11-4-5-12-9/h1-3,7H,4-6H2. The third kappa shape index (κ3) is 1.61. The van der Waals surface area contributed by atoms with E-state index in [9.17, 15) is 0 Å². The van der Waals surface area contributed by atoms with Gasteiger partial charge < -0.3 is 4.74 Å². The topological polar surface area (TPSA) is 34.5 Å². The van der Waals surface area contributed by atoms with Gasteiger partial charge in [-0.25, -0.2) is 0 Å². The maximum Gasteiger partial charge on any atom is 0.187 e. The van der Waals surface area contributed by atoms with Crippen molar-refractivity contribution in [3.8, 4) is 0 Å². The number of ether oxygens (including phenoxy) is 1. The molecule has 0 N–H and O–H groups in total. The molecule has 0 saturated heterocycles. The zero-order valence-electron chi connectivity index (χ0n) is 6.73. The first-order valence-electron chi connectivity index (χ1n) is 4.00. The molecule has 3 heteroatoms. The van der Waals surface area contributed by atoms with E-state index in [1.54, 1.807) is 6.20 Å². The van der Waals surface area contributed by atoms with E-state index >= 15 is 0 Å². The van der Waals surface area contributed by atoms with Crippen molar-refractivity contribution in [2.45, 2.75) is 6.42 Å². The van der Waals surface area contributed by atoms with E-state index in [1.807, 2.05) is 18.3 Å². The van der Waals surface area contributed by atoms with Gasteiger partial charge >= 0.3 is 0 Å². The maximum absolute atomic E-state index is 5.28. The molecule has 0 unspecified atom stereocenters. The molecule has 1 aliphatic heterocycles. The predicted molar refractivity (Wildman–Crippen MR) is 46.2 cm³/mol. The maximum atomic E-state index is 5.28. The number of aromatic nitrogens is 1. The first-order chi connectivity index (χ1) is 5.95. The fraction of sp³-hybridized carbons (Fsp3) is 0.333. The second kappa shape index (κ2) is 3.34. The highest BCUT2D eigenvalue weighted by atomic mass is 16.5. The summed E-state index contributed by atoms with van der Waals surface area (Å²) in [5, 5.41) is 0. The smallest absolute Gasteiger partial charge is 0.187 e. The Morgan fingerprint density at radius 2 is 2.50 bits per heavy atom. The van der Waals surface area contributed by atoms with Gasteiger partial charge in [-0.1, -0.05) is 6.07 Å². The Hall–Kier alpha value is -1.38. The van der Waals surface area contributed by atoms with Crippen LogP contribution in [0, 0.1) is 0 Å². The van der Waals surface area contributed by atoms with Crippen LogP contribution in [0.4, 0.5) is 0 Å². The molecule has 12 heavy (non-hydrogen) atoms. The van der Waals surface area contributed by atoms with Crippen LogP contribution in [0.1, 0.15) is 5.56 Å². The third-order valence-electron chi connectivity index (χ3n) is 1.73. The highest BCUT2D eigenvalue weighted by Gasteiger charge is 2.07. The van der Waals surface area contributed by atoms with Gasteiger partial charge in [-0.3, -0.25) is 9.98 Å². The lowest BCUT2D eigenvalue weighted by Crippen LogP contribution is -2.03. The van der Waals surface area contributed by atoms with Gasteiger partial charge in [0.05, 0.1) is 13.0 Å². The predicted octanol–water partition coefficient (Wildman–Crippen LogP) is 1.05. The van der Waals surface area contributed by atoms with Crippen molar-refractivity contribution in [1.82, 2.24) is 4.98 Å². The van der Waals surface area contributed by atoms with Crippen LogP contribution < -0.4 is 0 Å². The van der Waals surface area contributed by atoms with E-state index in [-0.39, 0.29) is 0 Å². The summed E-state index contributed by atoms with van der Waals surface area (Å²) in [6, 6.07) is 3.95. The summed E-state index contributed by atoms with van der Waals surface area (Å²) < 4.78 is 5.28. The van der Waals surface area contributed by atoms with E-state index in [4.69, 9.17) is 4.74 Å². The average molecular weight is 162 g/mol. The largest absolute Gasteiger partial charge is 0.479 e. The molecule has 1 aromatic heterocycles. The minimum absolute atomic E-state index is 0.732. The molecule has 0 bridgehead atoms. The van der Waals surface area contributed by atoms with Crippen LogP contribution in [0.25, 0.3) is 0 Å². The molecule has 0 atom stereocenters. The summed E-state index contributed by atoms with van der Waals surface area (Å²) in [6.07, 6.45) is 4.37. The lowest BCUT2D eigenvalue weighted by molar-refractivity contribution is 0.341. The lowest BCUT2D eigenvalue weighted by Gasteiger charge is -1.99. The minimum Gasteiger partial charge on any atom is -0.479 e. The molecular weight excluding hydrogens is 152 g/mol. The molecule has 2 rings (SSSR count). The fourth-order valence-corrected chi connectivity index (χ4v) is 1.16. The number of hydrogen-bond donors (Lipinski definition) is 0. The number of nitrogens with zero attached hydrogens (tertiary/aromatic N) is 2. The van der Waals surface area contributed by atoms with Crippen molar-refractivity contribution in [3.63, 3.8) is 0 Å². The van der Waals surface area contributed by atoms with Gasteiger partial charge in [-0.05, 0) is 11.6 Å². The van der Waals surface area contributed by atoms with E-state index in [1.165, 1.54) is 0 Å². The molecule has 0 aromatic carbocycles. The lowest BCUT2D eigenvalue weighted by atomic mass is 10.2. The van der Waals surface area contributed by atoms with Gasteiger partial charge in [-0.15, -0.1) is 0 Å². The molecule has 0 spiro atoms. The van der Waals surface area contributed by atoms with Gasteiger partial charge in [0.25, 0.3) is 0 Å². The second-order valence-corrected chi connectivity index (χ2v) is 2.66. The fourth-order valence-electron chi connectivity index (χ4n) is 1.16. The van der Waals surface area contributed by atoms with E-state index < -0.39 is 0 Å². The number of hydrogen-bond acceptors (Lipinski definition) is 3. The van der Waals surface area contributed by atoms with Gasteiger partial charge in [0.2, 0.25) is 0 Å². The van der Waals surface area contributed by atoms with Crippen molar-refractivity contribution in [1.29, 1.82) is 0 Å². The SMILES string of the molecule is c1cncc(CC2=NCCO2)c1. The van der Waals surface area contributed by atoms with E-state index in [2.05, 4.69) is 9.98 Å². The van der Waals surface area contributed by atoms with Crippen LogP contribution >= 0.6 is 0 Å². The molecule has 0 fully saturated rings. The number of aliphatic imine (C=N–C) groups is 1. The zero-order chi connectivity index (χ0) is 8.23. The first-order valence-corrected chi connectivity index (χ1v) is 4.00. The van der Waals surface area contributed by atoms with Gasteiger partial charge in [-0.2, -0.15) is 0 Å². The Morgan fingerprint density at radius 1 is 1.50 bits per heavy atom. The molecule has 0 saturated carbocycles. The summed E-state index contributed by atoms with van der Waals surface area (Å²) in [4.78, 5) is 8.21. The van der Waals surface area contributed by atoms with Crippen molar-refractivity contribution in [3.05, 3.63) is 30.1 Å². The highest BCUT2D eigenvalue weighted by molar-refractivity contribution is 5.79. The second-order valence-electron chi connectivity index (χ2n) is 2.66. The van der Waals surface area contributed by atoms with Crippen molar-refractivity contribution >= 4 is 5.90 Å². The normalized spacial score (nSPS) is 15.5. The number of pyridine rings is 1. The van der Waals surface area contributed by atoms with Gasteiger partial charge in [0.1, 0.15) is 6.61 Å². The summed E-state index contributed by atoms with van der Waals surface area (Å²) in [5.41, 5.74) is 1.15. The Labute approximate surface area is 71.1 Å². The van der Waals surface area contributed by atoms with Crippen molar-refractivity contribution in [2.24, 2.45) is 4.99 Å². The van der Waals surface area contributed by atoms with Crippen LogP contribution in [-0.2, 0) is 11.2 Å². The molecule has 1 aromatic rings. The van der Waals surface area contributed by atoms with Crippen LogP contribution in [-0.4, -0.2) is 24.0 Å². The van der Waals surface area contributed by atoms with Crippen molar-refractivity contribution < 1.29 is 4.74 Å². The molecule has 0 aliphatic carbocycles. The Bertz CT molecular complexity index is 282. The van der Waals surface area contributed by atoms with Crippen LogP contribution in [0.3, 0.4) is 0 Å². The van der Waals surface area contributed by atoms with Gasteiger partial charge in [0.15, 0.2) is 5.90 Å². The zero-order valence-corrected chi connectivity index (χ0v) is 6.73. The van der Waals surface area contributed by atoms with E-state index in [0.29, 0.717) is 0 Å². The summed E-state index contributed by atoms with van der Waals surface area (Å²) in [7, 11) is 0. The Balaban J connectivity index is 2.04. The van der Waals surface area contributed by atoms with Crippen LogP contribution in [0.15, 0.2) is 29.5 Å². The first kappa shape index (κ1) is 7.28. The Morgan fingerprint density at radius 3 is 3.17 bits per heavy atom. The molecule has 62 valence electrons. The van der Waals surface area contributed by atoms with Crippen molar-refractivity contribution in [2.75, 3.05) is 13.2 Å². The molecule has 2 heterocycles. The van der Waals surface area contributed by atoms with Crippen LogP contribution in [0.2, 0.25) is 0 Å². The van der Waals surface area contributed by atoms with Crippen LogP contribution in [0.5, 0.6) is 0 Å². The highest BCUT2D eigenvalue weighted by Crippen LogP contribution is 2.03. The molecule has 0 radical (unpaired) electrons. The Kier molecular flexibility index (Phi) is 2.03. The average Bonchev–Trinajstić information content (AvgIpc) is 2.59.